The van der Waals surface area contributed by atoms with Gasteiger partial charge in [-0.15, -0.1) is 0 Å². The van der Waals surface area contributed by atoms with Crippen LogP contribution in [0.1, 0.15) is 18.1 Å². The van der Waals surface area contributed by atoms with Crippen LogP contribution in [-0.2, 0) is 11.3 Å². The van der Waals surface area contributed by atoms with Gasteiger partial charge in [0.2, 0.25) is 0 Å². The third-order valence-electron chi connectivity index (χ3n) is 2.31. The van der Waals surface area contributed by atoms with Crippen molar-refractivity contribution in [2.24, 2.45) is 0 Å². The van der Waals surface area contributed by atoms with E-state index in [-0.39, 0.29) is 12.7 Å². The molecule has 1 aromatic carbocycles. The highest BCUT2D eigenvalue weighted by molar-refractivity contribution is 5.67. The quantitative estimate of drug-likeness (QED) is 0.826. The van der Waals surface area contributed by atoms with Gasteiger partial charge < -0.3 is 14.7 Å². The second kappa shape index (κ2) is 7.36. The molecule has 0 aromatic heterocycles. The first-order valence-electron chi connectivity index (χ1n) is 5.74. The second-order valence-corrected chi connectivity index (χ2v) is 3.67. The minimum atomic E-state index is -0.359. The number of nitrogens with zero attached hydrogens (tertiary/aromatic N) is 1. The maximum atomic E-state index is 11.5. The molecule has 96 valence electrons. The summed E-state index contributed by atoms with van der Waals surface area (Å²) in [4.78, 5) is 13.0. The van der Waals surface area contributed by atoms with Crippen molar-refractivity contribution in [3.05, 3.63) is 35.4 Å². The Bertz CT molecular complexity index is 460. The molecule has 0 spiro atoms. The molecule has 0 aliphatic rings. The summed E-state index contributed by atoms with van der Waals surface area (Å²) < 4.78 is 4.91. The molecular weight excluding hydrogens is 230 g/mol. The van der Waals surface area contributed by atoms with Crippen molar-refractivity contribution in [3.63, 3.8) is 0 Å². The fraction of sp³-hybridized carbons (Fsp3) is 0.357. The number of ether oxygens (including phenoxy) is 1. The molecule has 0 saturated heterocycles. The lowest BCUT2D eigenvalue weighted by Crippen LogP contribution is -2.27. The molecule has 18 heavy (non-hydrogen) atoms. The Morgan fingerprint density at radius 2 is 2.17 bits per heavy atom. The Morgan fingerprint density at radius 3 is 2.83 bits per heavy atom. The van der Waals surface area contributed by atoms with Crippen LogP contribution in [0.15, 0.2) is 24.3 Å². The van der Waals surface area contributed by atoms with Crippen LogP contribution < -0.4 is 0 Å². The van der Waals surface area contributed by atoms with Crippen molar-refractivity contribution in [2.45, 2.75) is 13.5 Å². The molecule has 0 aliphatic heterocycles. The largest absolute Gasteiger partial charge is 0.450 e. The van der Waals surface area contributed by atoms with E-state index in [1.54, 1.807) is 14.0 Å². The highest BCUT2D eigenvalue weighted by Gasteiger charge is 2.10. The topological polar surface area (TPSA) is 49.8 Å². The van der Waals surface area contributed by atoms with Crippen molar-refractivity contribution >= 4 is 6.09 Å². The van der Waals surface area contributed by atoms with Gasteiger partial charge in [-0.3, -0.25) is 0 Å². The molecule has 4 nitrogen and oxygen atoms in total. The summed E-state index contributed by atoms with van der Waals surface area (Å²) in [5.74, 6) is 5.46. The minimum Gasteiger partial charge on any atom is -0.450 e. The van der Waals surface area contributed by atoms with Gasteiger partial charge in [0.1, 0.15) is 6.61 Å². The summed E-state index contributed by atoms with van der Waals surface area (Å²) in [6.45, 7) is 2.37. The van der Waals surface area contributed by atoms with Gasteiger partial charge in [0, 0.05) is 19.2 Å². The average molecular weight is 247 g/mol. The number of hydrogen-bond donors (Lipinski definition) is 1. The van der Waals surface area contributed by atoms with Gasteiger partial charge in [-0.2, -0.15) is 0 Å². The molecule has 0 saturated carbocycles. The zero-order chi connectivity index (χ0) is 13.4. The van der Waals surface area contributed by atoms with Crippen molar-refractivity contribution < 1.29 is 14.6 Å². The van der Waals surface area contributed by atoms with E-state index in [1.165, 1.54) is 4.90 Å². The van der Waals surface area contributed by atoms with Gasteiger partial charge in [0.15, 0.2) is 0 Å². The molecule has 0 fully saturated rings. The summed E-state index contributed by atoms with van der Waals surface area (Å²) in [5.41, 5.74) is 1.73. The van der Waals surface area contributed by atoms with Crippen molar-refractivity contribution in [3.8, 4) is 11.8 Å². The number of hydrogen-bond acceptors (Lipinski definition) is 3. The standard InChI is InChI=1S/C14H17NO3/c1-3-18-14(17)15(2)11-13-8-5-4-7-12(13)9-6-10-16/h4-5,7-8,16H,3,10-11H2,1-2H3. The zero-order valence-electron chi connectivity index (χ0n) is 10.6. The normalized spacial score (nSPS) is 9.28. The molecule has 1 aromatic rings. The monoisotopic (exact) mass is 247 g/mol. The Kier molecular flexibility index (Phi) is 5.75. The van der Waals surface area contributed by atoms with E-state index in [9.17, 15) is 4.79 Å². The van der Waals surface area contributed by atoms with Crippen LogP contribution >= 0.6 is 0 Å². The van der Waals surface area contributed by atoms with E-state index in [0.29, 0.717) is 13.2 Å². The minimum absolute atomic E-state index is 0.179. The van der Waals surface area contributed by atoms with E-state index in [1.807, 2.05) is 24.3 Å². The molecule has 1 amide bonds. The average Bonchev–Trinajstić information content (AvgIpc) is 2.38. The first-order valence-corrected chi connectivity index (χ1v) is 5.74. The van der Waals surface area contributed by atoms with Crippen molar-refractivity contribution in [2.75, 3.05) is 20.3 Å². The Hall–Kier alpha value is -1.99. The van der Waals surface area contributed by atoms with Crippen LogP contribution in [0.4, 0.5) is 4.79 Å². The number of carbonyl (C=O) groups excluding carboxylic acids is 1. The molecule has 0 atom stereocenters. The molecule has 0 radical (unpaired) electrons. The second-order valence-electron chi connectivity index (χ2n) is 3.67. The number of amides is 1. The first-order chi connectivity index (χ1) is 8.69. The Morgan fingerprint density at radius 1 is 1.44 bits per heavy atom. The predicted octanol–water partition coefficient (Wildman–Crippen LogP) is 1.62. The Labute approximate surface area is 107 Å². The number of aliphatic hydroxyl groups excluding tert-OH is 1. The molecule has 4 heteroatoms. The van der Waals surface area contributed by atoms with E-state index in [4.69, 9.17) is 9.84 Å². The van der Waals surface area contributed by atoms with Gasteiger partial charge in [-0.05, 0) is 18.6 Å². The van der Waals surface area contributed by atoms with E-state index in [0.717, 1.165) is 11.1 Å². The molecule has 0 unspecified atom stereocenters. The number of aliphatic hydroxyl groups is 1. The molecular formula is C14H17NO3. The third kappa shape index (κ3) is 4.11. The molecule has 0 heterocycles. The van der Waals surface area contributed by atoms with E-state index in [2.05, 4.69) is 11.8 Å². The van der Waals surface area contributed by atoms with Crippen LogP contribution in [0.25, 0.3) is 0 Å². The van der Waals surface area contributed by atoms with Crippen LogP contribution in [0.3, 0.4) is 0 Å². The van der Waals surface area contributed by atoms with Crippen LogP contribution in [0.2, 0.25) is 0 Å². The van der Waals surface area contributed by atoms with Gasteiger partial charge in [-0.1, -0.05) is 30.0 Å². The fourth-order valence-corrected chi connectivity index (χ4v) is 1.47. The lowest BCUT2D eigenvalue weighted by molar-refractivity contribution is 0.114. The summed E-state index contributed by atoms with van der Waals surface area (Å²) in [6.07, 6.45) is -0.359. The maximum Gasteiger partial charge on any atom is 0.409 e. The van der Waals surface area contributed by atoms with Gasteiger partial charge >= 0.3 is 6.09 Å². The molecule has 0 bridgehead atoms. The Balaban J connectivity index is 2.80. The summed E-state index contributed by atoms with van der Waals surface area (Å²) >= 11 is 0. The predicted molar refractivity (Wildman–Crippen MR) is 68.9 cm³/mol. The van der Waals surface area contributed by atoms with Crippen LogP contribution in [0.5, 0.6) is 0 Å². The third-order valence-corrected chi connectivity index (χ3v) is 2.31. The van der Waals surface area contributed by atoms with Gasteiger partial charge in [-0.25, -0.2) is 4.79 Å². The summed E-state index contributed by atoms with van der Waals surface area (Å²) in [6, 6.07) is 7.52. The summed E-state index contributed by atoms with van der Waals surface area (Å²) in [5, 5.41) is 8.70. The van der Waals surface area contributed by atoms with E-state index < -0.39 is 0 Å². The lowest BCUT2D eigenvalue weighted by Gasteiger charge is -2.17. The highest BCUT2D eigenvalue weighted by Crippen LogP contribution is 2.10. The zero-order valence-corrected chi connectivity index (χ0v) is 10.6. The van der Waals surface area contributed by atoms with Crippen LogP contribution in [-0.4, -0.2) is 36.4 Å². The van der Waals surface area contributed by atoms with Gasteiger partial charge in [0.05, 0.1) is 6.61 Å². The number of carbonyl (C=O) groups is 1. The van der Waals surface area contributed by atoms with Crippen molar-refractivity contribution in [1.29, 1.82) is 0 Å². The summed E-state index contributed by atoms with van der Waals surface area (Å²) in [7, 11) is 1.67. The lowest BCUT2D eigenvalue weighted by atomic mass is 10.1. The van der Waals surface area contributed by atoms with Gasteiger partial charge in [0.25, 0.3) is 0 Å². The fourth-order valence-electron chi connectivity index (χ4n) is 1.47. The SMILES string of the molecule is CCOC(=O)N(C)Cc1ccccc1C#CCO. The number of rotatable bonds is 3. The van der Waals surface area contributed by atoms with Crippen molar-refractivity contribution in [1.82, 2.24) is 4.90 Å². The maximum absolute atomic E-state index is 11.5. The molecule has 0 aliphatic carbocycles. The molecule has 1 N–H and O–H groups in total. The smallest absolute Gasteiger partial charge is 0.409 e. The van der Waals surface area contributed by atoms with Crippen LogP contribution in [0, 0.1) is 11.8 Å². The number of benzene rings is 1. The highest BCUT2D eigenvalue weighted by atomic mass is 16.5. The first kappa shape index (κ1) is 14.1. The molecule has 1 rings (SSSR count). The van der Waals surface area contributed by atoms with E-state index >= 15 is 0 Å².